The van der Waals surface area contributed by atoms with Crippen molar-refractivity contribution in [3.8, 4) is 0 Å². The molecule has 0 amide bonds. The van der Waals surface area contributed by atoms with Gasteiger partial charge in [-0.25, -0.2) is 4.98 Å². The summed E-state index contributed by atoms with van der Waals surface area (Å²) < 4.78 is 1.90. The second-order valence-corrected chi connectivity index (χ2v) is 6.37. The summed E-state index contributed by atoms with van der Waals surface area (Å²) in [4.78, 5) is 9.07. The van der Waals surface area contributed by atoms with Crippen molar-refractivity contribution in [3.63, 3.8) is 0 Å². The fraction of sp³-hybridized carbons (Fsp3) is 0.353. The molecule has 6 nitrogen and oxygen atoms in total. The predicted octanol–water partition coefficient (Wildman–Crippen LogP) is 0.462. The van der Waals surface area contributed by atoms with Gasteiger partial charge < -0.3 is 10.6 Å². The zero-order valence-corrected chi connectivity index (χ0v) is 13.9. The van der Waals surface area contributed by atoms with Crippen molar-refractivity contribution in [3.05, 3.63) is 48.0 Å². The van der Waals surface area contributed by atoms with Crippen LogP contribution in [0.1, 0.15) is 30.0 Å². The predicted molar refractivity (Wildman–Crippen MR) is 97.6 cm³/mol. The van der Waals surface area contributed by atoms with Crippen LogP contribution in [0.3, 0.4) is 0 Å². The van der Waals surface area contributed by atoms with E-state index >= 15 is 0 Å². The molecule has 3 aromatic heterocycles. The minimum atomic E-state index is 0.518. The minimum absolute atomic E-state index is 0.518. The molecule has 0 saturated carbocycles. The lowest BCUT2D eigenvalue weighted by Crippen LogP contribution is -2.27. The molecule has 1 aliphatic rings. The molecule has 0 atom stereocenters. The Balaban J connectivity index is 1.67. The quantitative estimate of drug-likeness (QED) is 0.684. The smallest absolute Gasteiger partial charge is 0.151 e. The molecule has 0 aliphatic carbocycles. The molecule has 24 heavy (non-hydrogen) atoms. The van der Waals surface area contributed by atoms with Gasteiger partial charge in [0.1, 0.15) is 13.7 Å². The van der Waals surface area contributed by atoms with Crippen molar-refractivity contribution in [2.75, 3.05) is 18.4 Å². The van der Waals surface area contributed by atoms with Gasteiger partial charge in [0, 0.05) is 42.8 Å². The van der Waals surface area contributed by atoms with Crippen LogP contribution in [0.5, 0.6) is 0 Å². The van der Waals surface area contributed by atoms with Gasteiger partial charge in [-0.2, -0.15) is 9.61 Å². The third-order valence-electron chi connectivity index (χ3n) is 4.62. The van der Waals surface area contributed by atoms with Crippen molar-refractivity contribution in [2.24, 2.45) is 0 Å². The fourth-order valence-corrected chi connectivity index (χ4v) is 3.24. The van der Waals surface area contributed by atoms with E-state index < -0.39 is 0 Å². The van der Waals surface area contributed by atoms with Gasteiger partial charge in [-0.05, 0) is 43.0 Å². The van der Waals surface area contributed by atoms with E-state index in [9.17, 15) is 0 Å². The molecular weight excluding hydrogens is 299 g/mol. The van der Waals surface area contributed by atoms with E-state index in [0.29, 0.717) is 5.92 Å². The Morgan fingerprint density at radius 3 is 2.96 bits per heavy atom. The number of pyridine rings is 1. The molecule has 3 aromatic rings. The van der Waals surface area contributed by atoms with Crippen LogP contribution < -0.4 is 16.1 Å². The fourth-order valence-electron chi connectivity index (χ4n) is 3.24. The lowest BCUT2D eigenvalue weighted by molar-refractivity contribution is 0.453. The van der Waals surface area contributed by atoms with E-state index in [0.717, 1.165) is 55.0 Å². The summed E-state index contributed by atoms with van der Waals surface area (Å²) in [7, 11) is 2.06. The van der Waals surface area contributed by atoms with Crippen LogP contribution in [0.4, 0.5) is 5.82 Å². The highest BCUT2D eigenvalue weighted by molar-refractivity contribution is 6.36. The highest BCUT2D eigenvalue weighted by Gasteiger charge is 2.19. The third kappa shape index (κ3) is 2.99. The van der Waals surface area contributed by atoms with Crippen molar-refractivity contribution in [1.29, 1.82) is 0 Å². The highest BCUT2D eigenvalue weighted by atomic mass is 15.3. The lowest BCUT2D eigenvalue weighted by atomic mass is 9.94. The maximum absolute atomic E-state index is 4.89. The first kappa shape index (κ1) is 15.1. The Labute approximate surface area is 142 Å². The summed E-state index contributed by atoms with van der Waals surface area (Å²) in [6.45, 7) is 2.85. The summed E-state index contributed by atoms with van der Waals surface area (Å²) >= 11 is 0. The molecule has 0 bridgehead atoms. The molecule has 1 aliphatic heterocycles. The Kier molecular flexibility index (Phi) is 4.17. The Morgan fingerprint density at radius 2 is 2.17 bits per heavy atom. The first-order valence-electron chi connectivity index (χ1n) is 8.50. The summed E-state index contributed by atoms with van der Waals surface area (Å²) in [5.74, 6) is 1.51. The third-order valence-corrected chi connectivity index (χ3v) is 4.62. The highest BCUT2D eigenvalue weighted by Crippen LogP contribution is 2.26. The Hall–Kier alpha value is -2.41. The Morgan fingerprint density at radius 1 is 1.29 bits per heavy atom. The molecule has 0 spiro atoms. The molecule has 7 heteroatoms. The van der Waals surface area contributed by atoms with Crippen molar-refractivity contribution < 1.29 is 0 Å². The number of aromatic nitrogens is 4. The molecule has 4 heterocycles. The van der Waals surface area contributed by atoms with E-state index in [1.54, 1.807) is 6.20 Å². The van der Waals surface area contributed by atoms with Crippen LogP contribution >= 0.6 is 0 Å². The first-order valence-corrected chi connectivity index (χ1v) is 8.50. The van der Waals surface area contributed by atoms with Gasteiger partial charge >= 0.3 is 0 Å². The molecule has 0 aromatic carbocycles. The number of nitrogens with zero attached hydrogens (tertiary/aromatic N) is 4. The summed E-state index contributed by atoms with van der Waals surface area (Å²) in [5, 5.41) is 11.4. The van der Waals surface area contributed by atoms with E-state index in [1.165, 1.54) is 5.69 Å². The van der Waals surface area contributed by atoms with Crippen LogP contribution in [0, 0.1) is 0 Å². The second-order valence-electron chi connectivity index (χ2n) is 6.37. The molecule has 0 radical (unpaired) electrons. The minimum Gasteiger partial charge on any atom is -0.366 e. The zero-order valence-electron chi connectivity index (χ0n) is 13.9. The molecule has 4 rings (SSSR count). The summed E-state index contributed by atoms with van der Waals surface area (Å²) in [6, 6.07) is 6.18. The van der Waals surface area contributed by atoms with Crippen molar-refractivity contribution >= 4 is 24.8 Å². The topological polar surface area (TPSA) is 67.1 Å². The number of hydrogen-bond acceptors (Lipinski definition) is 5. The van der Waals surface area contributed by atoms with Crippen molar-refractivity contribution in [2.45, 2.75) is 25.3 Å². The maximum Gasteiger partial charge on any atom is 0.151 e. The van der Waals surface area contributed by atoms with E-state index in [1.807, 2.05) is 23.0 Å². The molecule has 122 valence electrons. The zero-order chi connectivity index (χ0) is 16.4. The number of nitrogens with one attached hydrogen (secondary N) is 2. The molecular formula is C17H21BN6. The Bertz CT molecular complexity index is 826. The molecule has 1 fully saturated rings. The van der Waals surface area contributed by atoms with Gasteiger partial charge in [0.05, 0.1) is 0 Å². The van der Waals surface area contributed by atoms with E-state index in [-0.39, 0.29) is 0 Å². The van der Waals surface area contributed by atoms with Gasteiger partial charge in [-0.3, -0.25) is 4.98 Å². The average molecular weight is 320 g/mol. The van der Waals surface area contributed by atoms with Crippen LogP contribution in [0.25, 0.3) is 5.65 Å². The monoisotopic (exact) mass is 320 g/mol. The van der Waals surface area contributed by atoms with Crippen LogP contribution in [-0.2, 0) is 6.54 Å². The standard InChI is InChI=1S/C17H21BN6/c18-14-11-22-24-16(21-10-12-2-1-5-20-9-12)8-15(23-17(14)24)13-3-6-19-7-4-13/h1-2,5,8-9,11,13,19,21H,3-4,6-7,10,18H2. The van der Waals surface area contributed by atoms with Crippen LogP contribution in [0.2, 0.25) is 0 Å². The van der Waals surface area contributed by atoms with Gasteiger partial charge in [0.2, 0.25) is 0 Å². The number of piperidine rings is 1. The molecule has 0 unspecified atom stereocenters. The van der Waals surface area contributed by atoms with Gasteiger partial charge in [0.15, 0.2) is 5.65 Å². The molecule has 1 saturated heterocycles. The van der Waals surface area contributed by atoms with Gasteiger partial charge in [-0.1, -0.05) is 6.07 Å². The van der Waals surface area contributed by atoms with Crippen LogP contribution in [0.15, 0.2) is 36.8 Å². The maximum atomic E-state index is 4.89. The van der Waals surface area contributed by atoms with E-state index in [4.69, 9.17) is 4.98 Å². The molecule has 2 N–H and O–H groups in total. The number of hydrogen-bond donors (Lipinski definition) is 2. The van der Waals surface area contributed by atoms with Crippen LogP contribution in [-0.4, -0.2) is 40.5 Å². The SMILES string of the molecule is Bc1cnn2c(NCc3cccnc3)cc(C3CCNCC3)nc12. The largest absolute Gasteiger partial charge is 0.366 e. The first-order chi connectivity index (χ1) is 11.8. The average Bonchev–Trinajstić information content (AvgIpc) is 3.02. The lowest BCUT2D eigenvalue weighted by Gasteiger charge is -2.23. The normalized spacial score (nSPS) is 15.7. The van der Waals surface area contributed by atoms with E-state index in [2.05, 4.69) is 40.7 Å². The van der Waals surface area contributed by atoms with Gasteiger partial charge in [-0.15, -0.1) is 0 Å². The summed E-state index contributed by atoms with van der Waals surface area (Å²) in [5.41, 5.74) is 4.37. The number of fused-ring (bicyclic) bond motifs is 1. The number of rotatable bonds is 4. The van der Waals surface area contributed by atoms with Gasteiger partial charge in [0.25, 0.3) is 0 Å². The van der Waals surface area contributed by atoms with Crippen molar-refractivity contribution in [1.82, 2.24) is 24.9 Å². The second kappa shape index (κ2) is 6.61. The number of anilines is 1. The summed E-state index contributed by atoms with van der Waals surface area (Å²) in [6.07, 6.45) is 7.83.